The van der Waals surface area contributed by atoms with Crippen molar-refractivity contribution in [1.29, 1.82) is 5.26 Å². The summed E-state index contributed by atoms with van der Waals surface area (Å²) in [6, 6.07) is 5.10. The van der Waals surface area contributed by atoms with E-state index in [1.807, 2.05) is 19.9 Å². The van der Waals surface area contributed by atoms with Crippen molar-refractivity contribution in [2.75, 3.05) is 0 Å². The van der Waals surface area contributed by atoms with Gasteiger partial charge in [0, 0.05) is 11.7 Å². The van der Waals surface area contributed by atoms with Gasteiger partial charge in [-0.15, -0.1) is 0 Å². The lowest BCUT2D eigenvalue weighted by molar-refractivity contribution is 0.0891. The Bertz CT molecular complexity index is 490. The maximum absolute atomic E-state index is 12.1. The molecule has 1 rings (SSSR count). The summed E-state index contributed by atoms with van der Waals surface area (Å²) in [5.41, 5.74) is 0.634. The zero-order chi connectivity index (χ0) is 14.7. The van der Waals surface area contributed by atoms with Crippen molar-refractivity contribution in [2.24, 2.45) is 5.41 Å². The molecule has 1 aromatic heterocycles. The summed E-state index contributed by atoms with van der Waals surface area (Å²) in [7, 11) is 0. The summed E-state index contributed by atoms with van der Waals surface area (Å²) < 4.78 is 0. The van der Waals surface area contributed by atoms with Gasteiger partial charge in [0.2, 0.25) is 0 Å². The van der Waals surface area contributed by atoms with Gasteiger partial charge in [0.25, 0.3) is 5.91 Å². The predicted octanol–water partition coefficient (Wildman–Crippen LogP) is 2.90. The summed E-state index contributed by atoms with van der Waals surface area (Å²) in [5, 5.41) is 11.7. The van der Waals surface area contributed by atoms with Crippen LogP contribution in [0.3, 0.4) is 0 Å². The molecule has 0 spiro atoms. The fourth-order valence-electron chi connectivity index (χ4n) is 2.34. The van der Waals surface area contributed by atoms with Crippen molar-refractivity contribution in [3.63, 3.8) is 0 Å². The highest BCUT2D eigenvalue weighted by atomic mass is 16.1. The molecular formula is C15H21N3O. The molecule has 0 radical (unpaired) electrons. The number of nitrogens with zero attached hydrogens (tertiary/aromatic N) is 2. The maximum atomic E-state index is 12.1. The Morgan fingerprint density at radius 3 is 2.37 bits per heavy atom. The molecule has 1 aromatic rings. The number of rotatable bonds is 3. The molecule has 0 aromatic carbocycles. The van der Waals surface area contributed by atoms with Crippen LogP contribution >= 0.6 is 0 Å². The van der Waals surface area contributed by atoms with Crippen molar-refractivity contribution in [3.8, 4) is 6.07 Å². The zero-order valence-corrected chi connectivity index (χ0v) is 12.2. The number of carbonyl (C=O) groups is 1. The third-order valence-corrected chi connectivity index (χ3v) is 2.56. The van der Waals surface area contributed by atoms with Crippen LogP contribution in [-0.4, -0.2) is 16.4 Å². The molecule has 0 aliphatic carbocycles. The van der Waals surface area contributed by atoms with Crippen LogP contribution in [0.1, 0.15) is 57.1 Å². The summed E-state index contributed by atoms with van der Waals surface area (Å²) in [5.74, 6) is -0.161. The topological polar surface area (TPSA) is 65.8 Å². The molecule has 19 heavy (non-hydrogen) atoms. The van der Waals surface area contributed by atoms with Crippen LogP contribution in [0, 0.1) is 16.7 Å². The second-order valence-electron chi connectivity index (χ2n) is 6.62. The Morgan fingerprint density at radius 2 is 1.95 bits per heavy atom. The van der Waals surface area contributed by atoms with E-state index in [4.69, 9.17) is 5.26 Å². The first kappa shape index (κ1) is 15.2. The minimum absolute atomic E-state index is 0.139. The standard InChI is InChI=1S/C15H21N3O/c1-14(2,3)10-15(4,5)18-13(19)11-6-7-12(8-16)17-9-11/h6-7,9H,10H2,1-5H3,(H,18,19). The number of nitriles is 1. The Balaban J connectivity index is 2.76. The van der Waals surface area contributed by atoms with E-state index in [1.165, 1.54) is 6.20 Å². The van der Waals surface area contributed by atoms with Crippen LogP contribution in [0.5, 0.6) is 0 Å². The van der Waals surface area contributed by atoms with Crippen molar-refractivity contribution in [2.45, 2.75) is 46.6 Å². The Kier molecular flexibility index (Phi) is 4.31. The van der Waals surface area contributed by atoms with Crippen LogP contribution < -0.4 is 5.32 Å². The van der Waals surface area contributed by atoms with Gasteiger partial charge in [-0.2, -0.15) is 5.26 Å². The molecule has 0 atom stereocenters. The fourth-order valence-corrected chi connectivity index (χ4v) is 2.34. The summed E-state index contributed by atoms with van der Waals surface area (Å²) >= 11 is 0. The lowest BCUT2D eigenvalue weighted by atomic mass is 9.81. The van der Waals surface area contributed by atoms with E-state index < -0.39 is 0 Å². The Hall–Kier alpha value is -1.89. The van der Waals surface area contributed by atoms with Crippen LogP contribution in [0.25, 0.3) is 0 Å². The number of carbonyl (C=O) groups excluding carboxylic acids is 1. The summed E-state index contributed by atoms with van der Waals surface area (Å²) in [4.78, 5) is 16.0. The summed E-state index contributed by atoms with van der Waals surface area (Å²) in [6.45, 7) is 10.4. The molecule has 1 heterocycles. The zero-order valence-electron chi connectivity index (χ0n) is 12.2. The first-order valence-corrected chi connectivity index (χ1v) is 6.32. The van der Waals surface area contributed by atoms with Gasteiger partial charge in [-0.25, -0.2) is 4.98 Å². The first-order valence-electron chi connectivity index (χ1n) is 6.32. The lowest BCUT2D eigenvalue weighted by Gasteiger charge is -2.33. The number of hydrogen-bond donors (Lipinski definition) is 1. The molecular weight excluding hydrogens is 238 g/mol. The Labute approximate surface area is 114 Å². The predicted molar refractivity (Wildman–Crippen MR) is 74.6 cm³/mol. The minimum atomic E-state index is -0.288. The van der Waals surface area contributed by atoms with Gasteiger partial charge >= 0.3 is 0 Å². The lowest BCUT2D eigenvalue weighted by Crippen LogP contribution is -2.45. The van der Waals surface area contributed by atoms with Gasteiger partial charge in [0.05, 0.1) is 5.56 Å². The maximum Gasteiger partial charge on any atom is 0.253 e. The molecule has 102 valence electrons. The van der Waals surface area contributed by atoms with E-state index in [0.717, 1.165) is 6.42 Å². The number of nitrogens with one attached hydrogen (secondary N) is 1. The van der Waals surface area contributed by atoms with Gasteiger partial charge in [0.1, 0.15) is 11.8 Å². The average molecular weight is 259 g/mol. The van der Waals surface area contributed by atoms with E-state index in [2.05, 4.69) is 31.1 Å². The highest BCUT2D eigenvalue weighted by Gasteiger charge is 2.27. The van der Waals surface area contributed by atoms with Gasteiger partial charge in [-0.3, -0.25) is 4.79 Å². The van der Waals surface area contributed by atoms with Crippen molar-refractivity contribution < 1.29 is 4.79 Å². The molecule has 0 unspecified atom stereocenters. The van der Waals surface area contributed by atoms with Crippen molar-refractivity contribution in [3.05, 3.63) is 29.6 Å². The molecule has 1 amide bonds. The molecule has 0 aliphatic rings. The van der Waals surface area contributed by atoms with E-state index >= 15 is 0 Å². The second kappa shape index (κ2) is 5.40. The second-order valence-corrected chi connectivity index (χ2v) is 6.62. The van der Waals surface area contributed by atoms with Crippen LogP contribution in [0.2, 0.25) is 0 Å². The molecule has 0 fully saturated rings. The highest BCUT2D eigenvalue weighted by Crippen LogP contribution is 2.26. The number of amides is 1. The molecule has 0 saturated carbocycles. The molecule has 0 saturated heterocycles. The van der Waals surface area contributed by atoms with Gasteiger partial charge in [-0.1, -0.05) is 20.8 Å². The molecule has 0 aliphatic heterocycles. The van der Waals surface area contributed by atoms with E-state index in [9.17, 15) is 4.79 Å². The van der Waals surface area contributed by atoms with Crippen LogP contribution in [0.15, 0.2) is 18.3 Å². The number of hydrogen-bond acceptors (Lipinski definition) is 3. The average Bonchev–Trinajstić information content (AvgIpc) is 2.25. The van der Waals surface area contributed by atoms with E-state index in [0.29, 0.717) is 11.3 Å². The quantitative estimate of drug-likeness (QED) is 0.907. The van der Waals surface area contributed by atoms with Crippen molar-refractivity contribution in [1.82, 2.24) is 10.3 Å². The number of pyridine rings is 1. The normalized spacial score (nSPS) is 11.8. The van der Waals surface area contributed by atoms with Crippen LogP contribution in [0.4, 0.5) is 0 Å². The van der Waals surface area contributed by atoms with Gasteiger partial charge < -0.3 is 5.32 Å². The molecule has 1 N–H and O–H groups in total. The third-order valence-electron chi connectivity index (χ3n) is 2.56. The Morgan fingerprint density at radius 1 is 1.32 bits per heavy atom. The van der Waals surface area contributed by atoms with Crippen molar-refractivity contribution >= 4 is 5.91 Å². The number of aromatic nitrogens is 1. The molecule has 0 bridgehead atoms. The summed E-state index contributed by atoms with van der Waals surface area (Å²) in [6.07, 6.45) is 2.30. The monoisotopic (exact) mass is 259 g/mol. The third kappa shape index (κ3) is 5.09. The molecule has 4 nitrogen and oxygen atoms in total. The van der Waals surface area contributed by atoms with E-state index in [1.54, 1.807) is 12.1 Å². The smallest absolute Gasteiger partial charge is 0.253 e. The SMILES string of the molecule is CC(C)(C)CC(C)(C)NC(=O)c1ccc(C#N)nc1. The van der Waals surface area contributed by atoms with Crippen LogP contribution in [-0.2, 0) is 0 Å². The first-order chi connectivity index (χ1) is 8.63. The minimum Gasteiger partial charge on any atom is -0.347 e. The van der Waals surface area contributed by atoms with Gasteiger partial charge in [-0.05, 0) is 37.8 Å². The van der Waals surface area contributed by atoms with Gasteiger partial charge in [0.15, 0.2) is 0 Å². The fraction of sp³-hybridized carbons (Fsp3) is 0.533. The highest BCUT2D eigenvalue weighted by molar-refractivity contribution is 5.94. The largest absolute Gasteiger partial charge is 0.347 e. The van der Waals surface area contributed by atoms with E-state index in [-0.39, 0.29) is 16.9 Å². The molecule has 4 heteroatoms.